The van der Waals surface area contributed by atoms with Gasteiger partial charge >= 0.3 is 0 Å². The summed E-state index contributed by atoms with van der Waals surface area (Å²) >= 11 is 1.07. The van der Waals surface area contributed by atoms with Crippen LogP contribution in [0.3, 0.4) is 0 Å². The van der Waals surface area contributed by atoms with E-state index in [4.69, 9.17) is 4.42 Å². The zero-order valence-corrected chi connectivity index (χ0v) is 14.9. The molecule has 1 fully saturated rings. The number of thioether (sulfide) groups is 1. The Morgan fingerprint density at radius 1 is 1.19 bits per heavy atom. The molecule has 0 N–H and O–H groups in total. The van der Waals surface area contributed by atoms with Crippen LogP contribution in [0.4, 0.5) is 10.1 Å². The minimum atomic E-state index is -0.669. The van der Waals surface area contributed by atoms with Gasteiger partial charge in [-0.15, -0.1) is 5.10 Å². The minimum absolute atomic E-state index is 0.00826. The highest BCUT2D eigenvalue weighted by Crippen LogP contribution is 2.33. The predicted molar refractivity (Wildman–Crippen MR) is 95.4 cm³/mol. The molecule has 2 amide bonds. The second kappa shape index (κ2) is 6.92. The number of imide groups is 1. The highest BCUT2D eigenvalue weighted by molar-refractivity contribution is 8.00. The number of furan rings is 1. The van der Waals surface area contributed by atoms with Crippen LogP contribution < -0.4 is 4.90 Å². The van der Waals surface area contributed by atoms with Gasteiger partial charge in [-0.3, -0.25) is 9.59 Å². The van der Waals surface area contributed by atoms with Crippen molar-refractivity contribution in [1.82, 2.24) is 15.2 Å². The number of anilines is 1. The summed E-state index contributed by atoms with van der Waals surface area (Å²) in [4.78, 5) is 30.4. The summed E-state index contributed by atoms with van der Waals surface area (Å²) in [6.07, 6.45) is 1.48. The molecule has 1 atom stereocenters. The van der Waals surface area contributed by atoms with Crippen molar-refractivity contribution in [3.05, 3.63) is 54.2 Å². The van der Waals surface area contributed by atoms with E-state index in [-0.39, 0.29) is 23.4 Å². The van der Waals surface area contributed by atoms with Gasteiger partial charge in [0.1, 0.15) is 22.5 Å². The average Bonchev–Trinajstić information content (AvgIpc) is 3.20. The van der Waals surface area contributed by atoms with E-state index in [0.717, 1.165) is 22.4 Å². The molecule has 0 aliphatic carbocycles. The fourth-order valence-electron chi connectivity index (χ4n) is 2.71. The van der Waals surface area contributed by atoms with Crippen molar-refractivity contribution in [3.63, 3.8) is 0 Å². The Morgan fingerprint density at radius 3 is 2.67 bits per heavy atom. The highest BCUT2D eigenvalue weighted by Gasteiger charge is 2.40. The Balaban J connectivity index is 1.54. The second-order valence-corrected chi connectivity index (χ2v) is 7.06. The Morgan fingerprint density at radius 2 is 1.96 bits per heavy atom. The molecule has 1 aromatic carbocycles. The third kappa shape index (κ3) is 3.45. The van der Waals surface area contributed by atoms with Gasteiger partial charge in [-0.2, -0.15) is 5.10 Å². The Hall–Kier alpha value is -3.07. The highest BCUT2D eigenvalue weighted by atomic mass is 32.2. The lowest BCUT2D eigenvalue weighted by molar-refractivity contribution is -0.121. The lowest BCUT2D eigenvalue weighted by Crippen LogP contribution is -2.31. The zero-order valence-electron chi connectivity index (χ0n) is 14.1. The van der Waals surface area contributed by atoms with Crippen LogP contribution >= 0.6 is 11.8 Å². The number of carbonyl (C=O) groups excluding carboxylic acids is 2. The lowest BCUT2D eigenvalue weighted by Gasteiger charge is -2.14. The van der Waals surface area contributed by atoms with Crippen LogP contribution in [0.15, 0.2) is 52.2 Å². The molecular formula is C18H13FN4O3S. The topological polar surface area (TPSA) is 89.2 Å². The molecule has 2 aromatic heterocycles. The first-order chi connectivity index (χ1) is 13.0. The number of rotatable bonds is 4. The summed E-state index contributed by atoms with van der Waals surface area (Å²) in [5.41, 5.74) is 0.834. The zero-order chi connectivity index (χ0) is 19.0. The maximum atomic E-state index is 13.1. The van der Waals surface area contributed by atoms with Crippen molar-refractivity contribution in [3.8, 4) is 11.5 Å². The first-order valence-corrected chi connectivity index (χ1v) is 8.95. The number of aromatic nitrogens is 3. The van der Waals surface area contributed by atoms with E-state index in [2.05, 4.69) is 15.2 Å². The molecule has 1 aliphatic heterocycles. The molecule has 3 aromatic rings. The number of hydrogen-bond acceptors (Lipinski definition) is 7. The van der Waals surface area contributed by atoms with Crippen LogP contribution in [0.5, 0.6) is 0 Å². The SMILES string of the molecule is Cc1ccc(-c2cnnc(SC3CC(=O)N(c4ccc(F)cc4)C3=O)n2)o1. The molecule has 1 aliphatic rings. The van der Waals surface area contributed by atoms with Crippen LogP contribution in [0, 0.1) is 12.7 Å². The third-order valence-corrected chi connectivity index (χ3v) is 5.01. The minimum Gasteiger partial charge on any atom is -0.460 e. The van der Waals surface area contributed by atoms with Gasteiger partial charge in [0.05, 0.1) is 11.9 Å². The van der Waals surface area contributed by atoms with Gasteiger partial charge in [-0.1, -0.05) is 11.8 Å². The number of halogens is 1. The van der Waals surface area contributed by atoms with Gasteiger partial charge in [0.2, 0.25) is 17.0 Å². The molecule has 27 heavy (non-hydrogen) atoms. The van der Waals surface area contributed by atoms with Gasteiger partial charge in [0, 0.05) is 6.42 Å². The van der Waals surface area contributed by atoms with Crippen LogP contribution in [0.2, 0.25) is 0 Å². The quantitative estimate of drug-likeness (QED) is 0.639. The first kappa shape index (κ1) is 17.3. The van der Waals surface area contributed by atoms with E-state index in [0.29, 0.717) is 17.1 Å². The number of amides is 2. The molecule has 4 rings (SSSR count). The Kier molecular flexibility index (Phi) is 4.44. The molecule has 7 nitrogen and oxygen atoms in total. The Labute approximate surface area is 157 Å². The molecule has 0 radical (unpaired) electrons. The number of nitrogens with zero attached hydrogens (tertiary/aromatic N) is 4. The third-order valence-electron chi connectivity index (χ3n) is 3.97. The van der Waals surface area contributed by atoms with Gasteiger partial charge in [0.15, 0.2) is 5.76 Å². The van der Waals surface area contributed by atoms with Crippen LogP contribution in [0.25, 0.3) is 11.5 Å². The molecule has 9 heteroatoms. The van der Waals surface area contributed by atoms with Crippen molar-refractivity contribution >= 4 is 29.3 Å². The molecule has 0 bridgehead atoms. The summed E-state index contributed by atoms with van der Waals surface area (Å²) in [5, 5.41) is 7.43. The predicted octanol–water partition coefficient (Wildman–Crippen LogP) is 3.00. The van der Waals surface area contributed by atoms with Crippen LogP contribution in [-0.4, -0.2) is 32.2 Å². The number of hydrogen-bond donors (Lipinski definition) is 0. The van der Waals surface area contributed by atoms with Gasteiger partial charge in [-0.05, 0) is 43.3 Å². The number of carbonyl (C=O) groups is 2. The first-order valence-electron chi connectivity index (χ1n) is 8.07. The summed E-state index contributed by atoms with van der Waals surface area (Å²) in [6.45, 7) is 1.82. The van der Waals surface area contributed by atoms with E-state index in [1.54, 1.807) is 6.07 Å². The number of benzene rings is 1. The molecule has 1 saturated heterocycles. The average molecular weight is 384 g/mol. The summed E-state index contributed by atoms with van der Waals surface area (Å²) in [7, 11) is 0. The molecule has 136 valence electrons. The van der Waals surface area contributed by atoms with E-state index in [1.807, 2.05) is 13.0 Å². The maximum Gasteiger partial charge on any atom is 0.247 e. The van der Waals surface area contributed by atoms with E-state index in [9.17, 15) is 14.0 Å². The van der Waals surface area contributed by atoms with E-state index >= 15 is 0 Å². The van der Waals surface area contributed by atoms with Crippen molar-refractivity contribution in [2.75, 3.05) is 4.90 Å². The second-order valence-electron chi connectivity index (χ2n) is 5.89. The van der Waals surface area contributed by atoms with Crippen LogP contribution in [0.1, 0.15) is 12.2 Å². The van der Waals surface area contributed by atoms with Gasteiger partial charge in [-0.25, -0.2) is 14.3 Å². The van der Waals surface area contributed by atoms with Crippen molar-refractivity contribution < 1.29 is 18.4 Å². The normalized spacial score (nSPS) is 17.0. The van der Waals surface area contributed by atoms with E-state index < -0.39 is 11.1 Å². The fourth-order valence-corrected chi connectivity index (χ4v) is 3.64. The maximum absolute atomic E-state index is 13.1. The van der Waals surface area contributed by atoms with Gasteiger partial charge < -0.3 is 4.42 Å². The largest absolute Gasteiger partial charge is 0.460 e. The summed E-state index contributed by atoms with van der Waals surface area (Å²) in [6, 6.07) is 8.79. The molecule has 0 spiro atoms. The van der Waals surface area contributed by atoms with Crippen molar-refractivity contribution in [1.29, 1.82) is 0 Å². The summed E-state index contributed by atoms with van der Waals surface area (Å²) < 4.78 is 18.6. The fraction of sp³-hybridized carbons (Fsp3) is 0.167. The standard InChI is InChI=1S/C18H13FN4O3S/c1-10-2-7-14(26-10)13-9-20-22-18(21-13)27-15-8-16(24)23(17(15)25)12-5-3-11(19)4-6-12/h2-7,9,15H,8H2,1H3. The lowest BCUT2D eigenvalue weighted by atomic mass is 10.3. The molecular weight excluding hydrogens is 371 g/mol. The molecule has 0 saturated carbocycles. The van der Waals surface area contributed by atoms with Gasteiger partial charge in [0.25, 0.3) is 0 Å². The van der Waals surface area contributed by atoms with Crippen LogP contribution in [-0.2, 0) is 9.59 Å². The Bertz CT molecular complexity index is 1020. The monoisotopic (exact) mass is 384 g/mol. The molecule has 1 unspecified atom stereocenters. The summed E-state index contributed by atoms with van der Waals surface area (Å²) in [5.74, 6) is 0.109. The van der Waals surface area contributed by atoms with Crippen molar-refractivity contribution in [2.45, 2.75) is 23.8 Å². The smallest absolute Gasteiger partial charge is 0.247 e. The van der Waals surface area contributed by atoms with Crippen molar-refractivity contribution in [2.24, 2.45) is 0 Å². The number of aryl methyl sites for hydroxylation is 1. The van der Waals surface area contributed by atoms with E-state index in [1.165, 1.54) is 30.5 Å². The molecule has 3 heterocycles.